The van der Waals surface area contributed by atoms with E-state index in [9.17, 15) is 29.4 Å². The summed E-state index contributed by atoms with van der Waals surface area (Å²) in [7, 11) is 0. The van der Waals surface area contributed by atoms with Crippen LogP contribution in [0.15, 0.2) is 54.7 Å². The van der Waals surface area contributed by atoms with Crippen molar-refractivity contribution in [2.45, 2.75) is 37.9 Å². The Balaban J connectivity index is 1.77. The number of H-pyrrole nitrogens is 1. The number of benzene rings is 2. The number of fused-ring (bicyclic) bond motifs is 1. The van der Waals surface area contributed by atoms with Crippen molar-refractivity contribution in [3.8, 4) is 5.75 Å². The number of para-hydroxylation sites is 1. The molecule has 190 valence electrons. The van der Waals surface area contributed by atoms with Crippen LogP contribution >= 0.6 is 0 Å². The highest BCUT2D eigenvalue weighted by Gasteiger charge is 2.28. The number of hydrogen-bond donors (Lipinski definition) is 7. The van der Waals surface area contributed by atoms with Gasteiger partial charge in [-0.15, -0.1) is 0 Å². The van der Waals surface area contributed by atoms with Crippen molar-refractivity contribution in [3.63, 3.8) is 0 Å². The highest BCUT2D eigenvalue weighted by molar-refractivity contribution is 5.93. The van der Waals surface area contributed by atoms with Crippen molar-refractivity contribution in [1.82, 2.24) is 20.9 Å². The van der Waals surface area contributed by atoms with Gasteiger partial charge in [0.15, 0.2) is 0 Å². The molecule has 11 heteroatoms. The van der Waals surface area contributed by atoms with Crippen LogP contribution in [-0.4, -0.2) is 63.6 Å². The van der Waals surface area contributed by atoms with E-state index in [1.165, 1.54) is 19.1 Å². The molecule has 3 amide bonds. The van der Waals surface area contributed by atoms with E-state index in [-0.39, 0.29) is 18.6 Å². The fraction of sp³-hybridized carbons (Fsp3) is 0.280. The molecule has 1 heterocycles. The van der Waals surface area contributed by atoms with Gasteiger partial charge < -0.3 is 36.9 Å². The highest BCUT2D eigenvalue weighted by Crippen LogP contribution is 2.19. The standard InChI is InChI=1S/C25H29N5O6/c1-14(26)23(33)28-13-22(32)29-20(11-16-12-27-19-5-3-2-4-18(16)19)24(34)30-21(25(35)36)10-15-6-8-17(31)9-7-15/h2-9,12,14,20-21,27,31H,10-11,13,26H2,1H3,(H,28,33)(H,29,32)(H,30,34)(H,35,36). The summed E-state index contributed by atoms with van der Waals surface area (Å²) >= 11 is 0. The molecule has 0 fully saturated rings. The van der Waals surface area contributed by atoms with E-state index in [0.717, 1.165) is 16.5 Å². The molecule has 2 aromatic carbocycles. The van der Waals surface area contributed by atoms with Gasteiger partial charge in [-0.2, -0.15) is 0 Å². The van der Waals surface area contributed by atoms with Crippen molar-refractivity contribution in [1.29, 1.82) is 0 Å². The van der Waals surface area contributed by atoms with Crippen molar-refractivity contribution in [2.24, 2.45) is 5.73 Å². The van der Waals surface area contributed by atoms with E-state index in [2.05, 4.69) is 20.9 Å². The second-order valence-electron chi connectivity index (χ2n) is 8.46. The van der Waals surface area contributed by atoms with Crippen LogP contribution in [-0.2, 0) is 32.0 Å². The maximum Gasteiger partial charge on any atom is 0.326 e. The lowest BCUT2D eigenvalue weighted by Crippen LogP contribution is -2.54. The Kier molecular flexibility index (Phi) is 8.63. The molecule has 0 saturated heterocycles. The van der Waals surface area contributed by atoms with Gasteiger partial charge in [0.25, 0.3) is 0 Å². The number of aromatic amines is 1. The van der Waals surface area contributed by atoms with E-state index >= 15 is 0 Å². The molecule has 1 aromatic heterocycles. The summed E-state index contributed by atoms with van der Waals surface area (Å²) in [6.45, 7) is 1.08. The van der Waals surface area contributed by atoms with E-state index in [0.29, 0.717) is 5.56 Å². The summed E-state index contributed by atoms with van der Waals surface area (Å²) in [6, 6.07) is 10.2. The predicted octanol–water partition coefficient (Wildman–Crippen LogP) is 0.176. The first-order chi connectivity index (χ1) is 17.1. The number of carboxylic acid groups (broad SMARTS) is 1. The van der Waals surface area contributed by atoms with Gasteiger partial charge >= 0.3 is 5.97 Å². The molecule has 3 unspecified atom stereocenters. The second kappa shape index (κ2) is 11.8. The zero-order valence-electron chi connectivity index (χ0n) is 19.7. The number of carboxylic acids is 1. The number of amides is 3. The molecular formula is C25H29N5O6. The number of rotatable bonds is 11. The number of phenols is 1. The monoisotopic (exact) mass is 495 g/mol. The molecule has 0 spiro atoms. The minimum atomic E-state index is -1.28. The lowest BCUT2D eigenvalue weighted by molar-refractivity contribution is -0.142. The van der Waals surface area contributed by atoms with Gasteiger partial charge in [0.1, 0.15) is 17.8 Å². The minimum absolute atomic E-state index is 0.0282. The van der Waals surface area contributed by atoms with E-state index < -0.39 is 48.4 Å². The third-order valence-electron chi connectivity index (χ3n) is 5.58. The molecule has 0 aliphatic carbocycles. The average Bonchev–Trinajstić information content (AvgIpc) is 3.25. The Morgan fingerprint density at radius 1 is 0.944 bits per heavy atom. The fourth-order valence-corrected chi connectivity index (χ4v) is 3.64. The molecule has 3 rings (SSSR count). The first-order valence-electron chi connectivity index (χ1n) is 11.3. The Morgan fingerprint density at radius 3 is 2.31 bits per heavy atom. The van der Waals surface area contributed by atoms with Gasteiger partial charge in [0, 0.05) is 29.9 Å². The van der Waals surface area contributed by atoms with Crippen molar-refractivity contribution in [2.75, 3.05) is 6.54 Å². The summed E-state index contributed by atoms with van der Waals surface area (Å²) in [5, 5.41) is 27.4. The van der Waals surface area contributed by atoms with Crippen LogP contribution in [0, 0.1) is 0 Å². The lowest BCUT2D eigenvalue weighted by atomic mass is 10.0. The SMILES string of the molecule is CC(N)C(=O)NCC(=O)NC(Cc1c[nH]c2ccccc12)C(=O)NC(Cc1ccc(O)cc1)C(=O)O. The number of carbonyl (C=O) groups is 4. The fourth-order valence-electron chi connectivity index (χ4n) is 3.64. The van der Waals surface area contributed by atoms with Crippen molar-refractivity contribution < 1.29 is 29.4 Å². The topological polar surface area (TPSA) is 187 Å². The number of aromatic hydroxyl groups is 1. The van der Waals surface area contributed by atoms with Crippen LogP contribution in [0.5, 0.6) is 5.75 Å². The maximum atomic E-state index is 13.2. The van der Waals surface area contributed by atoms with Gasteiger partial charge in [-0.1, -0.05) is 30.3 Å². The van der Waals surface area contributed by atoms with Crippen molar-refractivity contribution in [3.05, 3.63) is 65.9 Å². The lowest BCUT2D eigenvalue weighted by Gasteiger charge is -2.22. The predicted molar refractivity (Wildman–Crippen MR) is 132 cm³/mol. The molecule has 0 aliphatic rings. The molecule has 8 N–H and O–H groups in total. The van der Waals surface area contributed by atoms with Gasteiger partial charge in [-0.05, 0) is 36.2 Å². The molecule has 0 radical (unpaired) electrons. The normalized spacial score (nSPS) is 13.4. The molecule has 0 aliphatic heterocycles. The van der Waals surface area contributed by atoms with Crippen LogP contribution < -0.4 is 21.7 Å². The molecular weight excluding hydrogens is 466 g/mol. The zero-order chi connectivity index (χ0) is 26.2. The van der Waals surface area contributed by atoms with Gasteiger partial charge in [0.2, 0.25) is 17.7 Å². The molecule has 11 nitrogen and oxygen atoms in total. The molecule has 0 bridgehead atoms. The van der Waals surface area contributed by atoms with Gasteiger partial charge in [0.05, 0.1) is 12.6 Å². The van der Waals surface area contributed by atoms with E-state index in [1.54, 1.807) is 18.3 Å². The second-order valence-corrected chi connectivity index (χ2v) is 8.46. The number of carbonyl (C=O) groups excluding carboxylic acids is 3. The Morgan fingerprint density at radius 2 is 1.64 bits per heavy atom. The number of nitrogens with one attached hydrogen (secondary N) is 4. The van der Waals surface area contributed by atoms with Crippen molar-refractivity contribution >= 4 is 34.6 Å². The number of phenolic OH excluding ortho intramolecular Hbond substituents is 1. The maximum absolute atomic E-state index is 13.2. The molecule has 0 saturated carbocycles. The van der Waals surface area contributed by atoms with Crippen LogP contribution in [0.2, 0.25) is 0 Å². The third kappa shape index (κ3) is 7.06. The summed E-state index contributed by atoms with van der Waals surface area (Å²) in [5.41, 5.74) is 7.67. The van der Waals surface area contributed by atoms with Crippen LogP contribution in [0.1, 0.15) is 18.1 Å². The van der Waals surface area contributed by atoms with Crippen LogP contribution in [0.25, 0.3) is 10.9 Å². The average molecular weight is 496 g/mol. The van der Waals surface area contributed by atoms with Crippen LogP contribution in [0.3, 0.4) is 0 Å². The largest absolute Gasteiger partial charge is 0.508 e. The molecule has 3 aromatic rings. The number of nitrogens with two attached hydrogens (primary N) is 1. The third-order valence-corrected chi connectivity index (χ3v) is 5.58. The first kappa shape index (κ1) is 26.2. The summed E-state index contributed by atoms with van der Waals surface area (Å²) < 4.78 is 0. The number of aliphatic carboxylic acids is 1. The number of aromatic nitrogens is 1. The summed E-state index contributed by atoms with van der Waals surface area (Å²) in [5.74, 6) is -3.07. The number of hydrogen-bond acceptors (Lipinski definition) is 6. The van der Waals surface area contributed by atoms with Gasteiger partial charge in [-0.3, -0.25) is 14.4 Å². The van der Waals surface area contributed by atoms with Crippen LogP contribution in [0.4, 0.5) is 0 Å². The van der Waals surface area contributed by atoms with E-state index in [1.807, 2.05) is 24.3 Å². The Bertz CT molecular complexity index is 1240. The molecule has 3 atom stereocenters. The minimum Gasteiger partial charge on any atom is -0.508 e. The highest BCUT2D eigenvalue weighted by atomic mass is 16.4. The Labute approximate surface area is 207 Å². The quantitative estimate of drug-likeness (QED) is 0.198. The summed E-state index contributed by atoms with van der Waals surface area (Å²) in [4.78, 5) is 52.4. The van der Waals surface area contributed by atoms with Gasteiger partial charge in [-0.25, -0.2) is 4.79 Å². The molecule has 36 heavy (non-hydrogen) atoms. The summed E-state index contributed by atoms with van der Waals surface area (Å²) in [6.07, 6.45) is 1.77. The first-order valence-corrected chi connectivity index (χ1v) is 11.3. The smallest absolute Gasteiger partial charge is 0.326 e. The van der Waals surface area contributed by atoms with E-state index in [4.69, 9.17) is 5.73 Å². The Hall–Kier alpha value is -4.38. The zero-order valence-corrected chi connectivity index (χ0v) is 19.7.